The van der Waals surface area contributed by atoms with Crippen molar-refractivity contribution in [3.05, 3.63) is 70.0 Å². The van der Waals surface area contributed by atoms with Gasteiger partial charge >= 0.3 is 0 Å². The molecule has 2 rings (SSSR count). The van der Waals surface area contributed by atoms with Crippen LogP contribution in [-0.4, -0.2) is 18.3 Å². The summed E-state index contributed by atoms with van der Waals surface area (Å²) in [5.74, 6) is -0.446. The van der Waals surface area contributed by atoms with Crippen LogP contribution in [0.5, 0.6) is 0 Å². The third kappa shape index (κ3) is 3.43. The lowest BCUT2D eigenvalue weighted by Gasteiger charge is -2.31. The second-order valence-corrected chi connectivity index (χ2v) is 5.84. The summed E-state index contributed by atoms with van der Waals surface area (Å²) in [7, 11) is 0. The fourth-order valence-electron chi connectivity index (χ4n) is 2.52. The van der Waals surface area contributed by atoms with Crippen molar-refractivity contribution in [3.8, 4) is 0 Å². The van der Waals surface area contributed by atoms with Crippen molar-refractivity contribution >= 4 is 11.6 Å². The highest BCUT2D eigenvalue weighted by atomic mass is 35.5. The Morgan fingerprint density at radius 2 is 2.00 bits per heavy atom. The van der Waals surface area contributed by atoms with Gasteiger partial charge in [0.15, 0.2) is 0 Å². The number of rotatable bonds is 5. The average molecular weight is 308 g/mol. The number of hydrogen-bond donors (Lipinski definition) is 2. The Morgan fingerprint density at radius 3 is 2.57 bits per heavy atom. The number of halogens is 2. The first-order valence-corrected chi connectivity index (χ1v) is 7.20. The van der Waals surface area contributed by atoms with E-state index in [-0.39, 0.29) is 11.6 Å². The molecule has 2 nitrogen and oxygen atoms in total. The van der Waals surface area contributed by atoms with Gasteiger partial charge in [0, 0.05) is 12.0 Å². The minimum absolute atomic E-state index is 0.0814. The number of aliphatic hydroxyl groups excluding tert-OH is 1. The van der Waals surface area contributed by atoms with Crippen molar-refractivity contribution in [1.82, 2.24) is 0 Å². The van der Waals surface area contributed by atoms with Gasteiger partial charge in [-0.2, -0.15) is 0 Å². The molecule has 0 aliphatic rings. The van der Waals surface area contributed by atoms with Crippen molar-refractivity contribution in [3.63, 3.8) is 0 Å². The second-order valence-electron chi connectivity index (χ2n) is 5.44. The van der Waals surface area contributed by atoms with Crippen LogP contribution < -0.4 is 5.73 Å². The second kappa shape index (κ2) is 6.56. The summed E-state index contributed by atoms with van der Waals surface area (Å²) in [6, 6.07) is 12.5. The quantitative estimate of drug-likeness (QED) is 0.891. The van der Waals surface area contributed by atoms with Crippen LogP contribution in [0.4, 0.5) is 4.39 Å². The maximum absolute atomic E-state index is 13.3. The average Bonchev–Trinajstić information content (AvgIpc) is 2.48. The fourth-order valence-corrected chi connectivity index (χ4v) is 2.72. The van der Waals surface area contributed by atoms with E-state index in [1.54, 1.807) is 12.1 Å². The van der Waals surface area contributed by atoms with Crippen LogP contribution in [0, 0.1) is 12.7 Å². The first-order chi connectivity index (χ1) is 10.0. The van der Waals surface area contributed by atoms with Gasteiger partial charge in [-0.15, -0.1) is 0 Å². The first kappa shape index (κ1) is 16.0. The summed E-state index contributed by atoms with van der Waals surface area (Å²) in [5.41, 5.74) is 8.30. The number of aliphatic hydroxyl groups is 1. The highest BCUT2D eigenvalue weighted by molar-refractivity contribution is 6.30. The Bertz CT molecular complexity index is 626. The summed E-state index contributed by atoms with van der Waals surface area (Å²) in [5, 5.41) is 10.0. The summed E-state index contributed by atoms with van der Waals surface area (Å²) in [6.07, 6.45) is 0.503. The number of aryl methyl sites for hydroxylation is 1. The molecule has 3 N–H and O–H groups in total. The predicted octanol–water partition coefficient (Wildman–Crippen LogP) is 3.22. The van der Waals surface area contributed by atoms with Crippen molar-refractivity contribution in [2.45, 2.75) is 18.8 Å². The Labute approximate surface area is 129 Å². The van der Waals surface area contributed by atoms with Crippen LogP contribution in [0.1, 0.15) is 16.7 Å². The zero-order valence-corrected chi connectivity index (χ0v) is 12.7. The molecule has 4 heteroatoms. The standard InChI is InChI=1S/C17H19ClFNO/c1-12-3-2-4-14(7-12)17(10-20,11-21)9-13-5-6-16(19)15(18)8-13/h2-8,21H,9-11,20H2,1H3. The van der Waals surface area contributed by atoms with Gasteiger partial charge in [0.05, 0.1) is 11.6 Å². The molecule has 2 aromatic rings. The molecule has 0 amide bonds. The number of nitrogens with two attached hydrogens (primary N) is 1. The normalized spacial score (nSPS) is 14.0. The van der Waals surface area contributed by atoms with Gasteiger partial charge in [-0.05, 0) is 36.6 Å². The van der Waals surface area contributed by atoms with E-state index in [1.165, 1.54) is 6.07 Å². The highest BCUT2D eigenvalue weighted by Gasteiger charge is 2.30. The van der Waals surface area contributed by atoms with Gasteiger partial charge in [0.2, 0.25) is 0 Å². The molecule has 2 aromatic carbocycles. The lowest BCUT2D eigenvalue weighted by molar-refractivity contribution is 0.196. The fraction of sp³-hybridized carbons (Fsp3) is 0.294. The minimum atomic E-state index is -0.590. The third-order valence-corrected chi connectivity index (χ3v) is 4.14. The topological polar surface area (TPSA) is 46.2 Å². The smallest absolute Gasteiger partial charge is 0.141 e. The molecule has 0 bridgehead atoms. The van der Waals surface area contributed by atoms with E-state index in [0.29, 0.717) is 13.0 Å². The van der Waals surface area contributed by atoms with Crippen LogP contribution in [-0.2, 0) is 11.8 Å². The van der Waals surface area contributed by atoms with E-state index in [4.69, 9.17) is 17.3 Å². The Balaban J connectivity index is 2.40. The van der Waals surface area contributed by atoms with E-state index < -0.39 is 11.2 Å². The number of benzene rings is 2. The van der Waals surface area contributed by atoms with Crippen LogP contribution >= 0.6 is 11.6 Å². The minimum Gasteiger partial charge on any atom is -0.395 e. The van der Waals surface area contributed by atoms with Gasteiger partial charge in [-0.1, -0.05) is 47.5 Å². The van der Waals surface area contributed by atoms with Crippen molar-refractivity contribution in [1.29, 1.82) is 0 Å². The van der Waals surface area contributed by atoms with Gasteiger partial charge in [0.1, 0.15) is 5.82 Å². The zero-order valence-electron chi connectivity index (χ0n) is 11.9. The van der Waals surface area contributed by atoms with Crippen molar-refractivity contribution in [2.24, 2.45) is 5.73 Å². The van der Waals surface area contributed by atoms with Crippen LogP contribution in [0.15, 0.2) is 42.5 Å². The molecule has 0 radical (unpaired) electrons. The molecule has 0 aromatic heterocycles. The van der Waals surface area contributed by atoms with E-state index in [0.717, 1.165) is 16.7 Å². The lowest BCUT2D eigenvalue weighted by atomic mass is 9.76. The molecule has 0 saturated heterocycles. The molecule has 0 fully saturated rings. The lowest BCUT2D eigenvalue weighted by Crippen LogP contribution is -2.41. The first-order valence-electron chi connectivity index (χ1n) is 6.83. The van der Waals surface area contributed by atoms with E-state index in [9.17, 15) is 9.50 Å². The molecule has 0 saturated carbocycles. The molecule has 112 valence electrons. The Morgan fingerprint density at radius 1 is 1.24 bits per heavy atom. The molecule has 0 spiro atoms. The molecule has 0 aliphatic carbocycles. The van der Waals surface area contributed by atoms with Gasteiger partial charge in [-0.3, -0.25) is 0 Å². The van der Waals surface area contributed by atoms with E-state index in [1.807, 2.05) is 31.2 Å². The maximum atomic E-state index is 13.3. The molecule has 0 aliphatic heterocycles. The highest BCUT2D eigenvalue weighted by Crippen LogP contribution is 2.29. The molecule has 1 atom stereocenters. The SMILES string of the molecule is Cc1cccc(C(CN)(CO)Cc2ccc(F)c(Cl)c2)c1. The zero-order chi connectivity index (χ0) is 15.5. The van der Waals surface area contributed by atoms with Gasteiger partial charge in [0.25, 0.3) is 0 Å². The van der Waals surface area contributed by atoms with Crippen LogP contribution in [0.2, 0.25) is 5.02 Å². The third-order valence-electron chi connectivity index (χ3n) is 3.85. The largest absolute Gasteiger partial charge is 0.395 e. The van der Waals surface area contributed by atoms with E-state index >= 15 is 0 Å². The van der Waals surface area contributed by atoms with Crippen LogP contribution in [0.25, 0.3) is 0 Å². The molecule has 1 unspecified atom stereocenters. The maximum Gasteiger partial charge on any atom is 0.141 e. The van der Waals surface area contributed by atoms with Crippen molar-refractivity contribution < 1.29 is 9.50 Å². The Hall–Kier alpha value is -1.42. The van der Waals surface area contributed by atoms with Crippen LogP contribution in [0.3, 0.4) is 0 Å². The van der Waals surface area contributed by atoms with Gasteiger partial charge < -0.3 is 10.8 Å². The summed E-state index contributed by atoms with van der Waals surface area (Å²) >= 11 is 5.83. The monoisotopic (exact) mass is 307 g/mol. The van der Waals surface area contributed by atoms with Gasteiger partial charge in [-0.25, -0.2) is 4.39 Å². The van der Waals surface area contributed by atoms with E-state index in [2.05, 4.69) is 0 Å². The molecule has 21 heavy (non-hydrogen) atoms. The molecular weight excluding hydrogens is 289 g/mol. The molecular formula is C17H19ClFNO. The number of hydrogen-bond acceptors (Lipinski definition) is 2. The summed E-state index contributed by atoms with van der Waals surface area (Å²) in [4.78, 5) is 0. The predicted molar refractivity (Wildman–Crippen MR) is 84.1 cm³/mol. The Kier molecular flexibility index (Phi) is 4.99. The van der Waals surface area contributed by atoms with Crippen molar-refractivity contribution in [2.75, 3.05) is 13.2 Å². The molecule has 0 heterocycles. The summed E-state index contributed by atoms with van der Waals surface area (Å²) in [6.45, 7) is 2.21. The summed E-state index contributed by atoms with van der Waals surface area (Å²) < 4.78 is 13.3.